The zero-order valence-electron chi connectivity index (χ0n) is 13.2. The summed E-state index contributed by atoms with van der Waals surface area (Å²) in [5, 5.41) is 18.8. The molecule has 1 N–H and O–H groups in total. The minimum absolute atomic E-state index is 0.0412. The highest BCUT2D eigenvalue weighted by Crippen LogP contribution is 2.46. The van der Waals surface area contributed by atoms with Crippen molar-refractivity contribution >= 4 is 9.84 Å². The third-order valence-electron chi connectivity index (χ3n) is 3.98. The minimum atomic E-state index is -5.80. The first-order valence-corrected chi connectivity index (χ1v) is 8.87. The fourth-order valence-electron chi connectivity index (χ4n) is 2.76. The maximum absolute atomic E-state index is 14.0. The summed E-state index contributed by atoms with van der Waals surface area (Å²) in [5.74, 6) is -0.0957. The molecule has 1 aliphatic carbocycles. The van der Waals surface area contributed by atoms with Gasteiger partial charge in [-0.05, 0) is 12.1 Å². The molecule has 142 valence electrons. The van der Waals surface area contributed by atoms with Crippen molar-refractivity contribution in [1.82, 2.24) is 4.98 Å². The molecule has 0 aliphatic heterocycles. The Hall–Kier alpha value is -2.71. The van der Waals surface area contributed by atoms with Crippen LogP contribution in [-0.2, 0) is 16.3 Å². The lowest BCUT2D eigenvalue weighted by atomic mass is 10.1. The first-order chi connectivity index (χ1) is 12.6. The van der Waals surface area contributed by atoms with E-state index in [1.807, 2.05) is 6.07 Å². The van der Waals surface area contributed by atoms with Crippen LogP contribution in [0.15, 0.2) is 35.5 Å². The third-order valence-corrected chi connectivity index (χ3v) is 5.52. The number of rotatable bonds is 3. The summed E-state index contributed by atoms with van der Waals surface area (Å²) >= 11 is 0. The zero-order valence-corrected chi connectivity index (χ0v) is 14.1. The Bertz CT molecular complexity index is 1050. The van der Waals surface area contributed by atoms with Crippen LogP contribution in [-0.4, -0.2) is 30.2 Å². The van der Waals surface area contributed by atoms with Crippen LogP contribution in [0.1, 0.15) is 22.8 Å². The standard InChI is InChI=1S/C16H10F4N2O4S/c17-11-4-10-12(26-9-3-8(5-21)6-22-7-9)1-2-13(14(10)15(11)23)27(24,25)16(18,19)20/h1-3,6-7,11,15,23H,4H2/t11?,15-/m1/s1. The van der Waals surface area contributed by atoms with Crippen LogP contribution >= 0.6 is 0 Å². The van der Waals surface area contributed by atoms with Crippen molar-refractivity contribution in [2.75, 3.05) is 0 Å². The second-order valence-electron chi connectivity index (χ2n) is 5.69. The molecule has 1 unspecified atom stereocenters. The number of sulfone groups is 1. The van der Waals surface area contributed by atoms with Gasteiger partial charge in [-0.1, -0.05) is 0 Å². The predicted octanol–water partition coefficient (Wildman–Crippen LogP) is 2.97. The Balaban J connectivity index is 2.14. The van der Waals surface area contributed by atoms with Gasteiger partial charge in [0.1, 0.15) is 29.8 Å². The molecule has 0 saturated carbocycles. The summed E-state index contributed by atoms with van der Waals surface area (Å²) in [6.07, 6.45) is -2.10. The molecule has 1 aliphatic rings. The number of ether oxygens (including phenoxy) is 1. The van der Waals surface area contributed by atoms with Gasteiger partial charge < -0.3 is 9.84 Å². The molecule has 0 fully saturated rings. The Morgan fingerprint density at radius 3 is 2.63 bits per heavy atom. The molecule has 1 aromatic carbocycles. The third kappa shape index (κ3) is 3.22. The summed E-state index contributed by atoms with van der Waals surface area (Å²) < 4.78 is 81.7. The predicted molar refractivity (Wildman–Crippen MR) is 82.3 cm³/mol. The molecule has 3 rings (SSSR count). The van der Waals surface area contributed by atoms with Crippen LogP contribution in [0, 0.1) is 11.3 Å². The van der Waals surface area contributed by atoms with Crippen molar-refractivity contribution in [2.24, 2.45) is 0 Å². The zero-order chi connectivity index (χ0) is 20.0. The average Bonchev–Trinajstić information content (AvgIpc) is 2.90. The number of nitrogens with zero attached hydrogens (tertiary/aromatic N) is 2. The molecule has 11 heteroatoms. The normalized spacial score (nSPS) is 19.4. The van der Waals surface area contributed by atoms with E-state index in [2.05, 4.69) is 4.98 Å². The van der Waals surface area contributed by atoms with Gasteiger partial charge in [-0.2, -0.15) is 18.4 Å². The Morgan fingerprint density at radius 2 is 2.00 bits per heavy atom. The van der Waals surface area contributed by atoms with Gasteiger partial charge in [0.25, 0.3) is 9.84 Å². The lowest BCUT2D eigenvalue weighted by Crippen LogP contribution is -2.25. The number of nitriles is 1. The number of halogens is 4. The van der Waals surface area contributed by atoms with Crippen molar-refractivity contribution in [3.05, 3.63) is 47.3 Å². The van der Waals surface area contributed by atoms with E-state index in [-0.39, 0.29) is 22.6 Å². The molecule has 27 heavy (non-hydrogen) atoms. The first-order valence-electron chi connectivity index (χ1n) is 7.38. The van der Waals surface area contributed by atoms with E-state index in [0.29, 0.717) is 6.07 Å². The minimum Gasteiger partial charge on any atom is -0.455 e. The van der Waals surface area contributed by atoms with Crippen molar-refractivity contribution in [1.29, 1.82) is 5.26 Å². The van der Waals surface area contributed by atoms with E-state index in [1.165, 1.54) is 18.5 Å². The molecule has 0 spiro atoms. The van der Waals surface area contributed by atoms with Gasteiger partial charge in [0.05, 0.1) is 16.7 Å². The van der Waals surface area contributed by atoms with Crippen molar-refractivity contribution in [3.63, 3.8) is 0 Å². The number of pyridine rings is 1. The molecule has 0 saturated heterocycles. The Kier molecular flexibility index (Phi) is 4.57. The molecular weight excluding hydrogens is 392 g/mol. The fraction of sp³-hybridized carbons (Fsp3) is 0.250. The summed E-state index contributed by atoms with van der Waals surface area (Å²) in [7, 11) is -5.80. The summed E-state index contributed by atoms with van der Waals surface area (Å²) in [4.78, 5) is 2.53. The van der Waals surface area contributed by atoms with Crippen molar-refractivity contribution in [2.45, 2.75) is 29.1 Å². The smallest absolute Gasteiger partial charge is 0.455 e. The topological polar surface area (TPSA) is 100 Å². The van der Waals surface area contributed by atoms with Gasteiger partial charge in [-0.25, -0.2) is 12.8 Å². The quantitative estimate of drug-likeness (QED) is 0.793. The SMILES string of the molecule is N#Cc1cncc(Oc2ccc(S(=O)(=O)C(F)(F)F)c3c2CC(F)[C@H]3O)c1. The monoisotopic (exact) mass is 402 g/mol. The maximum atomic E-state index is 14.0. The Labute approximate surface area is 150 Å². The van der Waals surface area contributed by atoms with Gasteiger partial charge >= 0.3 is 5.51 Å². The molecule has 0 amide bonds. The summed E-state index contributed by atoms with van der Waals surface area (Å²) in [6.45, 7) is 0. The highest BCUT2D eigenvalue weighted by atomic mass is 32.2. The number of aliphatic hydroxyl groups is 1. The number of benzene rings is 1. The van der Waals surface area contributed by atoms with Crippen LogP contribution in [0.4, 0.5) is 17.6 Å². The van der Waals surface area contributed by atoms with Gasteiger partial charge in [-0.3, -0.25) is 4.98 Å². The fourth-order valence-corrected chi connectivity index (χ4v) is 3.79. The van der Waals surface area contributed by atoms with Crippen molar-refractivity contribution in [3.8, 4) is 17.6 Å². The van der Waals surface area contributed by atoms with Crippen LogP contribution < -0.4 is 4.74 Å². The number of hydrogen-bond acceptors (Lipinski definition) is 6. The Morgan fingerprint density at radius 1 is 1.30 bits per heavy atom. The van der Waals surface area contributed by atoms with Crippen LogP contribution in [0.5, 0.6) is 11.5 Å². The number of fused-ring (bicyclic) bond motifs is 1. The second-order valence-corrected chi connectivity index (χ2v) is 7.60. The van der Waals surface area contributed by atoms with E-state index in [0.717, 1.165) is 6.07 Å². The van der Waals surface area contributed by atoms with Crippen LogP contribution in [0.3, 0.4) is 0 Å². The molecule has 1 aromatic heterocycles. The number of hydrogen-bond donors (Lipinski definition) is 1. The lowest BCUT2D eigenvalue weighted by molar-refractivity contribution is -0.0437. The molecule has 0 bridgehead atoms. The highest BCUT2D eigenvalue weighted by molar-refractivity contribution is 7.92. The molecular formula is C16H10F4N2O4S. The molecule has 2 aromatic rings. The van der Waals surface area contributed by atoms with E-state index in [4.69, 9.17) is 10.00 Å². The first kappa shape index (κ1) is 19.1. The number of alkyl halides is 4. The van der Waals surface area contributed by atoms with Crippen LogP contribution in [0.25, 0.3) is 0 Å². The van der Waals surface area contributed by atoms with Gasteiger partial charge in [0.2, 0.25) is 0 Å². The molecule has 1 heterocycles. The van der Waals surface area contributed by atoms with Gasteiger partial charge in [-0.15, -0.1) is 0 Å². The average molecular weight is 402 g/mol. The van der Waals surface area contributed by atoms with Crippen molar-refractivity contribution < 1.29 is 35.8 Å². The van der Waals surface area contributed by atoms with E-state index >= 15 is 0 Å². The van der Waals surface area contributed by atoms with Gasteiger partial charge in [0.15, 0.2) is 0 Å². The maximum Gasteiger partial charge on any atom is 0.501 e. The molecule has 2 atom stereocenters. The number of aliphatic hydroxyl groups excluding tert-OH is 1. The van der Waals surface area contributed by atoms with E-state index in [9.17, 15) is 31.1 Å². The largest absolute Gasteiger partial charge is 0.501 e. The van der Waals surface area contributed by atoms with E-state index < -0.39 is 44.5 Å². The summed E-state index contributed by atoms with van der Waals surface area (Å²) in [6, 6.07) is 4.66. The lowest BCUT2D eigenvalue weighted by Gasteiger charge is -2.16. The number of aromatic nitrogens is 1. The molecule has 0 radical (unpaired) electrons. The summed E-state index contributed by atoms with van der Waals surface area (Å²) in [5.41, 5.74) is -6.34. The van der Waals surface area contributed by atoms with E-state index in [1.54, 1.807) is 0 Å². The van der Waals surface area contributed by atoms with Crippen LogP contribution in [0.2, 0.25) is 0 Å². The molecule has 6 nitrogen and oxygen atoms in total. The van der Waals surface area contributed by atoms with Gasteiger partial charge in [0, 0.05) is 29.8 Å². The second kappa shape index (κ2) is 6.47. The highest BCUT2D eigenvalue weighted by Gasteiger charge is 2.50.